The summed E-state index contributed by atoms with van der Waals surface area (Å²) in [6.07, 6.45) is 0.774. The van der Waals surface area contributed by atoms with Crippen molar-refractivity contribution in [2.24, 2.45) is 0 Å². The van der Waals surface area contributed by atoms with Crippen molar-refractivity contribution in [1.82, 2.24) is 24.9 Å². The average molecular weight is 452 g/mol. The summed E-state index contributed by atoms with van der Waals surface area (Å²) in [4.78, 5) is 28.9. The van der Waals surface area contributed by atoms with E-state index in [4.69, 9.17) is 16.3 Å². The Morgan fingerprint density at radius 2 is 1.87 bits per heavy atom. The summed E-state index contributed by atoms with van der Waals surface area (Å²) in [5.74, 6) is -0.587. The van der Waals surface area contributed by atoms with Crippen LogP contribution in [0.4, 0.5) is 4.39 Å². The molecule has 0 atom stereocenters. The summed E-state index contributed by atoms with van der Waals surface area (Å²) in [7, 11) is 1.63. The summed E-state index contributed by atoms with van der Waals surface area (Å²) in [5.41, 5.74) is 1.43. The maximum atomic E-state index is 13.2. The molecule has 31 heavy (non-hydrogen) atoms. The van der Waals surface area contributed by atoms with Gasteiger partial charge in [0.15, 0.2) is 0 Å². The van der Waals surface area contributed by atoms with Crippen LogP contribution >= 0.6 is 11.6 Å². The van der Waals surface area contributed by atoms with Gasteiger partial charge in [-0.25, -0.2) is 9.07 Å². The molecule has 3 rings (SSSR count). The summed E-state index contributed by atoms with van der Waals surface area (Å²) in [5, 5.41) is 7.43. The SMILES string of the molecule is COCCCNC(=O)CN1CCN(C(=O)c2c(C)nn(-c3ccc(F)cc3)c2Cl)CC1. The Hall–Kier alpha value is -2.49. The van der Waals surface area contributed by atoms with E-state index < -0.39 is 0 Å². The summed E-state index contributed by atoms with van der Waals surface area (Å²) in [6.45, 7) is 5.41. The van der Waals surface area contributed by atoms with Crippen molar-refractivity contribution >= 4 is 23.4 Å². The number of aryl methyl sites for hydroxylation is 1. The molecule has 0 unspecified atom stereocenters. The van der Waals surface area contributed by atoms with Gasteiger partial charge in [-0.2, -0.15) is 5.10 Å². The molecule has 0 radical (unpaired) electrons. The quantitative estimate of drug-likeness (QED) is 0.620. The van der Waals surface area contributed by atoms with Gasteiger partial charge < -0.3 is 15.0 Å². The van der Waals surface area contributed by atoms with Gasteiger partial charge in [0.1, 0.15) is 11.0 Å². The Kier molecular flexibility index (Phi) is 8.00. The fourth-order valence-corrected chi connectivity index (χ4v) is 3.82. The third-order valence-corrected chi connectivity index (χ3v) is 5.51. The number of hydrogen-bond donors (Lipinski definition) is 1. The zero-order chi connectivity index (χ0) is 22.4. The molecule has 1 aliphatic heterocycles. The topological polar surface area (TPSA) is 79.7 Å². The van der Waals surface area contributed by atoms with Crippen molar-refractivity contribution < 1.29 is 18.7 Å². The molecular weight excluding hydrogens is 425 g/mol. The number of nitrogens with zero attached hydrogens (tertiary/aromatic N) is 4. The maximum absolute atomic E-state index is 13.2. The summed E-state index contributed by atoms with van der Waals surface area (Å²) >= 11 is 6.47. The molecule has 1 fully saturated rings. The van der Waals surface area contributed by atoms with Gasteiger partial charge in [-0.3, -0.25) is 14.5 Å². The Labute approximate surface area is 185 Å². The molecular formula is C21H27ClFN5O3. The van der Waals surface area contributed by atoms with Gasteiger partial charge in [0, 0.05) is 46.4 Å². The van der Waals surface area contributed by atoms with E-state index in [1.54, 1.807) is 31.1 Å². The van der Waals surface area contributed by atoms with Gasteiger partial charge in [-0.1, -0.05) is 11.6 Å². The van der Waals surface area contributed by atoms with Crippen LogP contribution in [0.5, 0.6) is 0 Å². The molecule has 2 amide bonds. The molecule has 1 aliphatic rings. The molecule has 0 bridgehead atoms. The molecule has 1 aromatic carbocycles. The predicted octanol–water partition coefficient (Wildman–Crippen LogP) is 1.88. The van der Waals surface area contributed by atoms with Gasteiger partial charge in [0.25, 0.3) is 5.91 Å². The van der Waals surface area contributed by atoms with E-state index in [2.05, 4.69) is 10.4 Å². The average Bonchev–Trinajstić information content (AvgIpc) is 3.06. The number of carbonyl (C=O) groups excluding carboxylic acids is 2. The fourth-order valence-electron chi connectivity index (χ4n) is 3.47. The van der Waals surface area contributed by atoms with Gasteiger partial charge in [-0.05, 0) is 37.6 Å². The summed E-state index contributed by atoms with van der Waals surface area (Å²) < 4.78 is 19.6. The second-order valence-electron chi connectivity index (χ2n) is 7.40. The van der Waals surface area contributed by atoms with Gasteiger partial charge >= 0.3 is 0 Å². The van der Waals surface area contributed by atoms with Crippen LogP contribution in [0.15, 0.2) is 24.3 Å². The highest BCUT2D eigenvalue weighted by atomic mass is 35.5. The number of halogens is 2. The highest BCUT2D eigenvalue weighted by Crippen LogP contribution is 2.25. The van der Waals surface area contributed by atoms with Crippen LogP contribution in [0.2, 0.25) is 5.15 Å². The largest absolute Gasteiger partial charge is 0.385 e. The van der Waals surface area contributed by atoms with Crippen molar-refractivity contribution in [3.8, 4) is 5.69 Å². The summed E-state index contributed by atoms with van der Waals surface area (Å²) in [6, 6.07) is 5.75. The van der Waals surface area contributed by atoms with Crippen LogP contribution in [0.1, 0.15) is 22.5 Å². The maximum Gasteiger partial charge on any atom is 0.258 e. The number of benzene rings is 1. The van der Waals surface area contributed by atoms with E-state index in [1.165, 1.54) is 16.8 Å². The molecule has 2 heterocycles. The number of rotatable bonds is 8. The number of amides is 2. The monoisotopic (exact) mass is 451 g/mol. The molecule has 1 N–H and O–H groups in total. The third-order valence-electron chi connectivity index (χ3n) is 5.16. The van der Waals surface area contributed by atoms with E-state index in [9.17, 15) is 14.0 Å². The van der Waals surface area contributed by atoms with Crippen molar-refractivity contribution in [3.05, 3.63) is 46.5 Å². The smallest absolute Gasteiger partial charge is 0.258 e. The third kappa shape index (κ3) is 5.81. The Bertz CT molecular complexity index is 910. The molecule has 1 aromatic heterocycles. The number of methoxy groups -OCH3 is 1. The first-order valence-corrected chi connectivity index (χ1v) is 10.6. The first-order chi connectivity index (χ1) is 14.9. The van der Waals surface area contributed by atoms with Gasteiger partial charge in [0.2, 0.25) is 5.91 Å². The predicted molar refractivity (Wildman–Crippen MR) is 115 cm³/mol. The minimum atomic E-state index is -0.360. The van der Waals surface area contributed by atoms with Crippen LogP contribution in [0.3, 0.4) is 0 Å². The van der Waals surface area contributed by atoms with E-state index >= 15 is 0 Å². The molecule has 0 aliphatic carbocycles. The van der Waals surface area contributed by atoms with E-state index in [0.717, 1.165) is 6.42 Å². The Morgan fingerprint density at radius 1 is 1.19 bits per heavy atom. The molecule has 10 heteroatoms. The molecule has 1 saturated heterocycles. The number of nitrogens with one attached hydrogen (secondary N) is 1. The van der Waals surface area contributed by atoms with Crippen LogP contribution < -0.4 is 5.32 Å². The van der Waals surface area contributed by atoms with E-state index in [1.807, 2.05) is 4.90 Å². The standard InChI is InChI=1S/C21H27ClFN5O3/c1-15-19(20(22)28(25-15)17-6-4-16(23)5-7-17)21(30)27-11-9-26(10-12-27)14-18(29)24-8-3-13-31-2/h4-7H,3,8-14H2,1-2H3,(H,24,29). The minimum Gasteiger partial charge on any atom is -0.385 e. The Morgan fingerprint density at radius 3 is 2.52 bits per heavy atom. The highest BCUT2D eigenvalue weighted by molar-refractivity contribution is 6.33. The number of aromatic nitrogens is 2. The lowest BCUT2D eigenvalue weighted by Crippen LogP contribution is -2.51. The van der Waals surface area contributed by atoms with Crippen LogP contribution in [-0.4, -0.2) is 84.4 Å². The number of hydrogen-bond acceptors (Lipinski definition) is 5. The van der Waals surface area contributed by atoms with E-state index in [0.29, 0.717) is 62.8 Å². The second-order valence-corrected chi connectivity index (χ2v) is 7.76. The molecule has 2 aromatic rings. The fraction of sp³-hybridized carbons (Fsp3) is 0.476. The van der Waals surface area contributed by atoms with Crippen molar-refractivity contribution in [2.75, 3.05) is 53.0 Å². The number of carbonyl (C=O) groups is 2. The lowest BCUT2D eigenvalue weighted by Gasteiger charge is -2.34. The van der Waals surface area contributed by atoms with E-state index in [-0.39, 0.29) is 22.8 Å². The van der Waals surface area contributed by atoms with Crippen LogP contribution in [0, 0.1) is 12.7 Å². The number of piperazine rings is 1. The van der Waals surface area contributed by atoms with Crippen molar-refractivity contribution in [2.45, 2.75) is 13.3 Å². The van der Waals surface area contributed by atoms with Crippen LogP contribution in [0.25, 0.3) is 5.69 Å². The lowest BCUT2D eigenvalue weighted by molar-refractivity contribution is -0.122. The zero-order valence-corrected chi connectivity index (χ0v) is 18.5. The number of ether oxygens (including phenoxy) is 1. The van der Waals surface area contributed by atoms with Gasteiger partial charge in [-0.15, -0.1) is 0 Å². The van der Waals surface area contributed by atoms with Gasteiger partial charge in [0.05, 0.1) is 23.5 Å². The minimum absolute atomic E-state index is 0.0321. The molecule has 8 nitrogen and oxygen atoms in total. The second kappa shape index (κ2) is 10.7. The molecule has 0 spiro atoms. The molecule has 168 valence electrons. The van der Waals surface area contributed by atoms with Crippen LogP contribution in [-0.2, 0) is 9.53 Å². The van der Waals surface area contributed by atoms with Crippen molar-refractivity contribution in [1.29, 1.82) is 0 Å². The lowest BCUT2D eigenvalue weighted by atomic mass is 10.2. The highest BCUT2D eigenvalue weighted by Gasteiger charge is 2.28. The first-order valence-electron chi connectivity index (χ1n) is 10.2. The van der Waals surface area contributed by atoms with Crippen molar-refractivity contribution in [3.63, 3.8) is 0 Å². The zero-order valence-electron chi connectivity index (χ0n) is 17.7. The normalized spacial score (nSPS) is 14.6. The Balaban J connectivity index is 1.57. The first kappa shape index (κ1) is 23.2. The molecule has 0 saturated carbocycles.